The van der Waals surface area contributed by atoms with Crippen molar-refractivity contribution in [2.75, 3.05) is 66.4 Å². The highest BCUT2D eigenvalue weighted by atomic mass is 16.5. The molecule has 47 heavy (non-hydrogen) atoms. The minimum atomic E-state index is -0.666. The molecule has 13 nitrogen and oxygen atoms in total. The van der Waals surface area contributed by atoms with Gasteiger partial charge < -0.3 is 46.6 Å². The van der Waals surface area contributed by atoms with Crippen LogP contribution in [0.5, 0.6) is 5.75 Å². The van der Waals surface area contributed by atoms with E-state index in [1.165, 1.54) is 20.4 Å². The number of aryl methyl sites for hydroxylation is 1. The van der Waals surface area contributed by atoms with Gasteiger partial charge in [0.05, 0.1) is 20.3 Å². The minimum absolute atomic E-state index is 0.173. The van der Waals surface area contributed by atoms with E-state index in [0.29, 0.717) is 24.2 Å². The van der Waals surface area contributed by atoms with Crippen LogP contribution in [0, 0.1) is 0 Å². The van der Waals surface area contributed by atoms with Crippen molar-refractivity contribution in [1.29, 1.82) is 0 Å². The van der Waals surface area contributed by atoms with E-state index in [-0.39, 0.29) is 11.9 Å². The Hall–Kier alpha value is -5.01. The Kier molecular flexibility index (Phi) is 18.5. The van der Waals surface area contributed by atoms with Crippen molar-refractivity contribution >= 4 is 41.5 Å². The molecule has 1 atom stereocenters. The maximum absolute atomic E-state index is 13.5. The van der Waals surface area contributed by atoms with Gasteiger partial charge in [-0.3, -0.25) is 14.6 Å². The number of ether oxygens (including phenoxy) is 2. The van der Waals surface area contributed by atoms with E-state index in [2.05, 4.69) is 49.4 Å². The van der Waals surface area contributed by atoms with E-state index in [1.54, 1.807) is 20.4 Å². The Balaban J connectivity index is 0.000000867. The number of carbonyl (C=O) groups is 4. The first-order valence-corrected chi connectivity index (χ1v) is 15.0. The Morgan fingerprint density at radius 3 is 2.28 bits per heavy atom. The third kappa shape index (κ3) is 13.5. The number of primary amides is 1. The largest absolute Gasteiger partial charge is 0.497 e. The number of rotatable bonds is 12. The Morgan fingerprint density at radius 1 is 1.04 bits per heavy atom. The van der Waals surface area contributed by atoms with Crippen molar-refractivity contribution in [3.63, 3.8) is 0 Å². The van der Waals surface area contributed by atoms with Crippen molar-refractivity contribution in [2.24, 2.45) is 22.2 Å². The number of piperazine rings is 1. The summed E-state index contributed by atoms with van der Waals surface area (Å²) in [6.07, 6.45) is 6.86. The van der Waals surface area contributed by atoms with Crippen LogP contribution in [0.25, 0.3) is 5.57 Å². The van der Waals surface area contributed by atoms with Gasteiger partial charge in [-0.05, 0) is 74.5 Å². The molecule has 1 aliphatic heterocycles. The fourth-order valence-corrected chi connectivity index (χ4v) is 4.56. The maximum Gasteiger partial charge on any atom is 0.330 e. The number of nitrogens with two attached hydrogens (primary N) is 3. The number of benzene rings is 2. The number of carbonyl (C=O) groups excluding carboxylic acids is 4. The lowest BCUT2D eigenvalue weighted by atomic mass is 9.98. The lowest BCUT2D eigenvalue weighted by molar-refractivity contribution is -0.135. The predicted molar refractivity (Wildman–Crippen MR) is 186 cm³/mol. The molecule has 2 aromatic rings. The van der Waals surface area contributed by atoms with Crippen LogP contribution in [0.1, 0.15) is 46.4 Å². The molecule has 0 aromatic heterocycles. The average Bonchev–Trinajstić information content (AvgIpc) is 3.09. The maximum atomic E-state index is 13.5. The van der Waals surface area contributed by atoms with E-state index in [4.69, 9.17) is 10.5 Å². The predicted octanol–water partition coefficient (Wildman–Crippen LogP) is 1.85. The summed E-state index contributed by atoms with van der Waals surface area (Å²) in [6.45, 7) is 5.71. The summed E-state index contributed by atoms with van der Waals surface area (Å²) in [6, 6.07) is 11.4. The molecule has 1 aliphatic rings. The topological polar surface area (TPSA) is 196 Å². The number of esters is 1. The number of aliphatic imine (C=N–C) groups is 1. The summed E-state index contributed by atoms with van der Waals surface area (Å²) in [4.78, 5) is 53.4. The lowest BCUT2D eigenvalue weighted by Gasteiger charge is -2.34. The smallest absolute Gasteiger partial charge is 0.330 e. The monoisotopic (exact) mass is 651 g/mol. The van der Waals surface area contributed by atoms with Gasteiger partial charge in [0.1, 0.15) is 12.0 Å². The second kappa shape index (κ2) is 21.7. The molecule has 0 aliphatic carbocycles. The van der Waals surface area contributed by atoms with Crippen LogP contribution in [0.2, 0.25) is 0 Å². The van der Waals surface area contributed by atoms with E-state index >= 15 is 0 Å². The molecule has 0 bridgehead atoms. The summed E-state index contributed by atoms with van der Waals surface area (Å²) >= 11 is 0. The Labute approximate surface area is 277 Å². The number of aldehydes is 1. The third-order valence-electron chi connectivity index (χ3n) is 7.12. The van der Waals surface area contributed by atoms with E-state index in [9.17, 15) is 19.2 Å². The number of hydrogen-bond acceptors (Lipinski definition) is 11. The summed E-state index contributed by atoms with van der Waals surface area (Å²) in [5.74, 6) is -0.765. The average molecular weight is 652 g/mol. The highest BCUT2D eigenvalue weighted by Gasteiger charge is 2.20. The molecule has 3 rings (SSSR count). The molecule has 0 radical (unpaired) electrons. The molecule has 1 unspecified atom stereocenters. The summed E-state index contributed by atoms with van der Waals surface area (Å²) in [5.41, 5.74) is 19.9. The fraction of sp³-hybridized carbons (Fsp3) is 0.382. The molecule has 7 N–H and O–H groups in total. The zero-order chi connectivity index (χ0) is 35.4. The lowest BCUT2D eigenvalue weighted by Crippen LogP contribution is -2.44. The van der Waals surface area contributed by atoms with E-state index in [1.807, 2.05) is 37.3 Å². The van der Waals surface area contributed by atoms with Crippen LogP contribution >= 0.6 is 0 Å². The molecule has 0 saturated carbocycles. The van der Waals surface area contributed by atoms with Gasteiger partial charge in [0, 0.05) is 81.0 Å². The molecular formula is C34H49N7O6. The minimum Gasteiger partial charge on any atom is -0.497 e. The first kappa shape index (κ1) is 40.0. The zero-order valence-corrected chi connectivity index (χ0v) is 28.2. The first-order chi connectivity index (χ1) is 22.6. The number of nitrogens with zero attached hydrogens (tertiary/aromatic N) is 3. The number of methoxy groups -OCH3 is 2. The molecule has 1 fully saturated rings. The fourth-order valence-electron chi connectivity index (χ4n) is 4.56. The van der Waals surface area contributed by atoms with E-state index in [0.717, 1.165) is 72.6 Å². The highest BCUT2D eigenvalue weighted by Crippen LogP contribution is 2.27. The molecule has 2 aromatic carbocycles. The Bertz CT molecular complexity index is 1420. The van der Waals surface area contributed by atoms with Gasteiger partial charge in [-0.1, -0.05) is 6.07 Å². The van der Waals surface area contributed by atoms with Crippen LogP contribution in [0.3, 0.4) is 0 Å². The summed E-state index contributed by atoms with van der Waals surface area (Å²) in [7, 11) is 8.13. The number of anilines is 1. The zero-order valence-electron chi connectivity index (χ0n) is 28.2. The number of nitrogens with one attached hydrogen (secondary N) is 1. The van der Waals surface area contributed by atoms with Crippen molar-refractivity contribution < 1.29 is 28.7 Å². The van der Waals surface area contributed by atoms with Gasteiger partial charge in [0.25, 0.3) is 5.91 Å². The number of likely N-dealkylation sites (N-methyl/N-ethyl adjacent to an activating group) is 1. The van der Waals surface area contributed by atoms with Crippen molar-refractivity contribution in [1.82, 2.24) is 10.2 Å². The van der Waals surface area contributed by atoms with E-state index < -0.39 is 11.9 Å². The van der Waals surface area contributed by atoms with Gasteiger partial charge in [0.15, 0.2) is 0 Å². The Morgan fingerprint density at radius 2 is 1.72 bits per heavy atom. The van der Waals surface area contributed by atoms with Crippen LogP contribution in [-0.2, 0) is 25.5 Å². The van der Waals surface area contributed by atoms with Crippen LogP contribution < -0.4 is 32.2 Å². The number of amides is 2. The van der Waals surface area contributed by atoms with Crippen molar-refractivity contribution in [3.05, 3.63) is 77.0 Å². The standard InChI is InChI=1S/C28H37N5O3.C5H7NO3.CH5N/c1-20(22-14-23(16-26(15-22)36-4)24(18-29)19-30-2)31-28(35)27-17-25(8-7-21(27)6-5-13-34)33-11-9-32(3)10-12-33;1-9-5(8)3-2-4(6)7;1-2/h7-8,13-20H,5-6,9-12,29H2,1-4H3,(H,31,35);2-3H,1H3,(H2,6,7);2H2,1H3/b24-18+,30-19?;3-2+;. The van der Waals surface area contributed by atoms with Crippen molar-refractivity contribution in [2.45, 2.75) is 25.8 Å². The quantitative estimate of drug-likeness (QED) is 0.114. The summed E-state index contributed by atoms with van der Waals surface area (Å²) in [5, 5.41) is 3.14. The molecule has 256 valence electrons. The van der Waals surface area contributed by atoms with Crippen LogP contribution in [-0.4, -0.2) is 96.7 Å². The SMILES string of the molecule is CN.CN=C/C(=C\N)c1cc(OC)cc(C(C)NC(=O)c2cc(N3CCN(C)CC3)ccc2CCC=O)c1.COC(=O)/C=C/C(N)=O. The normalized spacial score (nSPS) is 13.9. The van der Waals surface area contributed by atoms with Crippen LogP contribution in [0.15, 0.2) is 59.7 Å². The molecular weight excluding hydrogens is 602 g/mol. The number of allylic oxidation sites excluding steroid dienone is 1. The van der Waals surface area contributed by atoms with Gasteiger partial charge in [-0.2, -0.15) is 0 Å². The first-order valence-electron chi connectivity index (χ1n) is 15.0. The molecule has 13 heteroatoms. The second-order valence-corrected chi connectivity index (χ2v) is 10.3. The number of hydrogen-bond donors (Lipinski definition) is 4. The highest BCUT2D eigenvalue weighted by molar-refractivity contribution is 6.09. The second-order valence-electron chi connectivity index (χ2n) is 10.3. The molecule has 2 amide bonds. The summed E-state index contributed by atoms with van der Waals surface area (Å²) < 4.78 is 9.66. The molecule has 1 heterocycles. The molecule has 1 saturated heterocycles. The van der Waals surface area contributed by atoms with Gasteiger partial charge in [-0.15, -0.1) is 0 Å². The van der Waals surface area contributed by atoms with Gasteiger partial charge in [0.2, 0.25) is 5.91 Å². The van der Waals surface area contributed by atoms with Gasteiger partial charge >= 0.3 is 5.97 Å². The molecule has 0 spiro atoms. The van der Waals surface area contributed by atoms with Crippen LogP contribution in [0.4, 0.5) is 5.69 Å². The van der Waals surface area contributed by atoms with Gasteiger partial charge in [-0.25, -0.2) is 4.79 Å². The van der Waals surface area contributed by atoms with Crippen molar-refractivity contribution in [3.8, 4) is 5.75 Å². The third-order valence-corrected chi connectivity index (χ3v) is 7.12.